The lowest BCUT2D eigenvalue weighted by molar-refractivity contribution is 0.255. The number of anilines is 2. The van der Waals surface area contributed by atoms with Gasteiger partial charge in [-0.05, 0) is 37.3 Å². The number of hydrogen-bond acceptors (Lipinski definition) is 4. The Morgan fingerprint density at radius 2 is 2.18 bits per heavy atom. The Hall–Kier alpha value is -2.47. The van der Waals surface area contributed by atoms with Gasteiger partial charge >= 0.3 is 6.03 Å². The summed E-state index contributed by atoms with van der Waals surface area (Å²) in [6.07, 6.45) is 3.44. The van der Waals surface area contributed by atoms with Crippen molar-refractivity contribution in [3.63, 3.8) is 0 Å². The normalized spacial score (nSPS) is 18.4. The van der Waals surface area contributed by atoms with Gasteiger partial charge in [0.05, 0.1) is 33.7 Å². The van der Waals surface area contributed by atoms with Gasteiger partial charge in [-0.15, -0.1) is 11.3 Å². The van der Waals surface area contributed by atoms with Gasteiger partial charge in [0, 0.05) is 18.4 Å². The van der Waals surface area contributed by atoms with Crippen LogP contribution < -0.4 is 9.80 Å². The van der Waals surface area contributed by atoms with E-state index in [1.165, 1.54) is 0 Å². The first kappa shape index (κ1) is 13.2. The highest BCUT2D eigenvalue weighted by molar-refractivity contribution is 7.16. The van der Waals surface area contributed by atoms with Crippen LogP contribution >= 0.6 is 11.3 Å². The van der Waals surface area contributed by atoms with Crippen LogP contribution in [0.4, 0.5) is 16.2 Å². The molecule has 1 saturated heterocycles. The van der Waals surface area contributed by atoms with Crippen LogP contribution in [0.1, 0.15) is 6.92 Å². The van der Waals surface area contributed by atoms with Gasteiger partial charge in [-0.2, -0.15) is 0 Å². The van der Waals surface area contributed by atoms with Crippen LogP contribution in [0.15, 0.2) is 48.2 Å². The van der Waals surface area contributed by atoms with Gasteiger partial charge in [-0.3, -0.25) is 14.8 Å². The zero-order chi connectivity index (χ0) is 15.1. The minimum absolute atomic E-state index is 0.00985. The second kappa shape index (κ2) is 5.06. The molecule has 3 aromatic rings. The molecule has 3 heterocycles. The summed E-state index contributed by atoms with van der Waals surface area (Å²) in [5.41, 5.74) is 4.55. The molecule has 0 saturated carbocycles. The fraction of sp³-hybridized carbons (Fsp3) is 0.188. The van der Waals surface area contributed by atoms with Gasteiger partial charge in [0.2, 0.25) is 0 Å². The van der Waals surface area contributed by atoms with Crippen molar-refractivity contribution < 1.29 is 4.79 Å². The lowest BCUT2D eigenvalue weighted by Crippen LogP contribution is -2.33. The van der Waals surface area contributed by atoms with Crippen LogP contribution in [0.2, 0.25) is 0 Å². The van der Waals surface area contributed by atoms with E-state index in [2.05, 4.69) is 16.9 Å². The Morgan fingerprint density at radius 1 is 1.27 bits per heavy atom. The Labute approximate surface area is 131 Å². The lowest BCUT2D eigenvalue weighted by atomic mass is 10.2. The Balaban J connectivity index is 1.70. The van der Waals surface area contributed by atoms with Crippen molar-refractivity contribution in [1.29, 1.82) is 0 Å². The maximum absolute atomic E-state index is 12.8. The molecule has 1 aromatic carbocycles. The monoisotopic (exact) mass is 310 g/mol. The molecule has 0 spiro atoms. The minimum atomic E-state index is -0.00985. The van der Waals surface area contributed by atoms with Crippen LogP contribution in [0, 0.1) is 0 Å². The van der Waals surface area contributed by atoms with E-state index in [-0.39, 0.29) is 12.1 Å². The van der Waals surface area contributed by atoms with Crippen LogP contribution in [0.5, 0.6) is 0 Å². The molecule has 4 rings (SSSR count). The number of rotatable bonds is 2. The fourth-order valence-electron chi connectivity index (χ4n) is 2.83. The molecular formula is C16H14N4OS. The number of aromatic nitrogens is 2. The standard InChI is InChI=1S/C16H14N4OS/c1-11-9-19(12-4-5-14-15(7-12)22-10-18-14)16(21)20(11)13-3-2-6-17-8-13/h2-8,10-11H,9H2,1H3. The van der Waals surface area contributed by atoms with Gasteiger partial charge in [0.25, 0.3) is 0 Å². The third-order valence-corrected chi connectivity index (χ3v) is 4.67. The molecule has 0 radical (unpaired) electrons. The number of carbonyl (C=O) groups excluding carboxylic acids is 1. The number of nitrogens with zero attached hydrogens (tertiary/aromatic N) is 4. The average molecular weight is 310 g/mol. The summed E-state index contributed by atoms with van der Waals surface area (Å²) in [4.78, 5) is 24.8. The highest BCUT2D eigenvalue weighted by atomic mass is 32.1. The molecule has 0 N–H and O–H groups in total. The summed E-state index contributed by atoms with van der Waals surface area (Å²) in [5, 5.41) is 0. The van der Waals surface area contributed by atoms with Crippen molar-refractivity contribution in [2.24, 2.45) is 0 Å². The van der Waals surface area contributed by atoms with Gasteiger partial charge in [0.1, 0.15) is 0 Å². The topological polar surface area (TPSA) is 49.3 Å². The van der Waals surface area contributed by atoms with E-state index < -0.39 is 0 Å². The van der Waals surface area contributed by atoms with E-state index >= 15 is 0 Å². The molecule has 0 bridgehead atoms. The Kier molecular flexibility index (Phi) is 3.04. The van der Waals surface area contributed by atoms with Gasteiger partial charge in [-0.25, -0.2) is 9.78 Å². The predicted octanol–water partition coefficient (Wildman–Crippen LogP) is 3.53. The summed E-state index contributed by atoms with van der Waals surface area (Å²) in [6, 6.07) is 9.81. The summed E-state index contributed by atoms with van der Waals surface area (Å²) >= 11 is 1.59. The molecule has 6 heteroatoms. The van der Waals surface area contributed by atoms with Crippen LogP contribution in [0.3, 0.4) is 0 Å². The van der Waals surface area contributed by atoms with E-state index in [0.717, 1.165) is 21.6 Å². The third-order valence-electron chi connectivity index (χ3n) is 3.88. The van der Waals surface area contributed by atoms with Gasteiger partial charge in [0.15, 0.2) is 0 Å². The van der Waals surface area contributed by atoms with Crippen molar-refractivity contribution in [3.05, 3.63) is 48.2 Å². The molecule has 0 aliphatic carbocycles. The first-order valence-electron chi connectivity index (χ1n) is 7.08. The van der Waals surface area contributed by atoms with Crippen molar-refractivity contribution >= 4 is 39.0 Å². The average Bonchev–Trinajstić information content (AvgIpc) is 3.11. The molecule has 1 atom stereocenters. The first-order valence-corrected chi connectivity index (χ1v) is 7.96. The van der Waals surface area contributed by atoms with Crippen molar-refractivity contribution in [3.8, 4) is 0 Å². The van der Waals surface area contributed by atoms with Crippen molar-refractivity contribution in [1.82, 2.24) is 9.97 Å². The van der Waals surface area contributed by atoms with E-state index in [1.54, 1.807) is 28.6 Å². The lowest BCUT2D eigenvalue weighted by Gasteiger charge is -2.20. The maximum atomic E-state index is 12.8. The number of fused-ring (bicyclic) bond motifs is 1. The molecule has 110 valence electrons. The second-order valence-corrected chi connectivity index (χ2v) is 6.21. The van der Waals surface area contributed by atoms with Gasteiger partial charge < -0.3 is 0 Å². The molecule has 1 unspecified atom stereocenters. The summed E-state index contributed by atoms with van der Waals surface area (Å²) in [5.74, 6) is 0. The zero-order valence-electron chi connectivity index (χ0n) is 12.0. The summed E-state index contributed by atoms with van der Waals surface area (Å²) in [7, 11) is 0. The Bertz CT molecular complexity index is 832. The van der Waals surface area contributed by atoms with E-state index in [4.69, 9.17) is 0 Å². The molecule has 1 aliphatic rings. The summed E-state index contributed by atoms with van der Waals surface area (Å²) in [6.45, 7) is 2.72. The number of hydrogen-bond donors (Lipinski definition) is 0. The van der Waals surface area contributed by atoms with E-state index in [1.807, 2.05) is 40.7 Å². The molecule has 5 nitrogen and oxygen atoms in total. The first-order chi connectivity index (χ1) is 10.7. The number of thiazole rings is 1. The quantitative estimate of drug-likeness (QED) is 0.727. The number of pyridine rings is 1. The van der Waals surface area contributed by atoms with E-state index in [0.29, 0.717) is 6.54 Å². The molecule has 22 heavy (non-hydrogen) atoms. The van der Waals surface area contributed by atoms with Gasteiger partial charge in [-0.1, -0.05) is 0 Å². The molecule has 1 fully saturated rings. The SMILES string of the molecule is CC1CN(c2ccc3ncsc3c2)C(=O)N1c1cccnc1. The van der Waals surface area contributed by atoms with E-state index in [9.17, 15) is 4.79 Å². The smallest absolute Gasteiger partial charge is 0.292 e. The van der Waals surface area contributed by atoms with Crippen LogP contribution in [-0.4, -0.2) is 28.6 Å². The number of amides is 2. The molecule has 2 amide bonds. The third kappa shape index (κ3) is 2.03. The molecule has 1 aliphatic heterocycles. The van der Waals surface area contributed by atoms with Crippen molar-refractivity contribution in [2.75, 3.05) is 16.3 Å². The predicted molar refractivity (Wildman–Crippen MR) is 88.5 cm³/mol. The molecule has 2 aromatic heterocycles. The van der Waals surface area contributed by atoms with Crippen molar-refractivity contribution in [2.45, 2.75) is 13.0 Å². The van der Waals surface area contributed by atoms with Crippen LogP contribution in [-0.2, 0) is 0 Å². The highest BCUT2D eigenvalue weighted by Gasteiger charge is 2.36. The number of urea groups is 1. The number of carbonyl (C=O) groups is 1. The minimum Gasteiger partial charge on any atom is -0.292 e. The fourth-order valence-corrected chi connectivity index (χ4v) is 3.54. The largest absolute Gasteiger partial charge is 0.329 e. The Morgan fingerprint density at radius 3 is 3.00 bits per heavy atom. The summed E-state index contributed by atoms with van der Waals surface area (Å²) < 4.78 is 1.10. The zero-order valence-corrected chi connectivity index (χ0v) is 12.8. The highest BCUT2D eigenvalue weighted by Crippen LogP contribution is 2.30. The molecular weight excluding hydrogens is 296 g/mol. The second-order valence-electron chi connectivity index (χ2n) is 5.33. The van der Waals surface area contributed by atoms with Crippen LogP contribution in [0.25, 0.3) is 10.2 Å². The maximum Gasteiger partial charge on any atom is 0.329 e. The number of benzene rings is 1.